The highest BCUT2D eigenvalue weighted by Crippen LogP contribution is 2.36. The molecule has 1 aliphatic heterocycles. The number of aromatic nitrogens is 2. The van der Waals surface area contributed by atoms with Crippen LogP contribution in [0.5, 0.6) is 0 Å². The number of hydrogen-bond donors (Lipinski definition) is 0. The standard InChI is InChI=1S/C12H18ClN3/c1-12(2,3)9-4-7-16(8-9)11-10(13)14-5-6-15-11/h5-6,9H,4,7-8H2,1-3H3. The molecule has 16 heavy (non-hydrogen) atoms. The second kappa shape index (κ2) is 4.21. The molecule has 1 aliphatic rings. The van der Waals surface area contributed by atoms with Crippen molar-refractivity contribution in [3.63, 3.8) is 0 Å². The zero-order valence-electron chi connectivity index (χ0n) is 10.1. The van der Waals surface area contributed by atoms with Crippen LogP contribution in [-0.2, 0) is 0 Å². The Labute approximate surface area is 102 Å². The van der Waals surface area contributed by atoms with Crippen molar-refractivity contribution in [3.05, 3.63) is 17.5 Å². The van der Waals surface area contributed by atoms with Crippen molar-refractivity contribution in [2.24, 2.45) is 11.3 Å². The van der Waals surface area contributed by atoms with Crippen molar-refractivity contribution in [2.45, 2.75) is 27.2 Å². The minimum absolute atomic E-state index is 0.351. The summed E-state index contributed by atoms with van der Waals surface area (Å²) in [5.41, 5.74) is 0.351. The zero-order valence-corrected chi connectivity index (χ0v) is 10.8. The molecule has 1 fully saturated rings. The maximum Gasteiger partial charge on any atom is 0.171 e. The van der Waals surface area contributed by atoms with Crippen LogP contribution in [0.2, 0.25) is 5.15 Å². The first-order valence-electron chi connectivity index (χ1n) is 5.70. The molecule has 0 bridgehead atoms. The Hall–Kier alpha value is -0.830. The van der Waals surface area contributed by atoms with E-state index >= 15 is 0 Å². The van der Waals surface area contributed by atoms with E-state index in [2.05, 4.69) is 35.6 Å². The molecule has 1 unspecified atom stereocenters. The summed E-state index contributed by atoms with van der Waals surface area (Å²) in [6.45, 7) is 8.93. The van der Waals surface area contributed by atoms with Gasteiger partial charge in [0.1, 0.15) is 0 Å². The van der Waals surface area contributed by atoms with E-state index in [-0.39, 0.29) is 0 Å². The van der Waals surface area contributed by atoms with Gasteiger partial charge in [0.2, 0.25) is 0 Å². The average molecular weight is 240 g/mol. The summed E-state index contributed by atoms with van der Waals surface area (Å²) >= 11 is 6.05. The smallest absolute Gasteiger partial charge is 0.171 e. The predicted octanol–water partition coefficient (Wildman–Crippen LogP) is 3.00. The van der Waals surface area contributed by atoms with Crippen LogP contribution in [-0.4, -0.2) is 23.1 Å². The molecule has 0 radical (unpaired) electrons. The van der Waals surface area contributed by atoms with Crippen molar-refractivity contribution in [2.75, 3.05) is 18.0 Å². The third-order valence-corrected chi connectivity index (χ3v) is 3.62. The van der Waals surface area contributed by atoms with E-state index in [9.17, 15) is 0 Å². The molecule has 0 saturated carbocycles. The highest BCUT2D eigenvalue weighted by atomic mass is 35.5. The molecular weight excluding hydrogens is 222 g/mol. The molecule has 0 N–H and O–H groups in total. The van der Waals surface area contributed by atoms with Crippen LogP contribution >= 0.6 is 11.6 Å². The van der Waals surface area contributed by atoms with Crippen LogP contribution in [0.3, 0.4) is 0 Å². The van der Waals surface area contributed by atoms with Crippen molar-refractivity contribution >= 4 is 17.4 Å². The van der Waals surface area contributed by atoms with Gasteiger partial charge in [0.25, 0.3) is 0 Å². The van der Waals surface area contributed by atoms with Gasteiger partial charge in [-0.2, -0.15) is 0 Å². The monoisotopic (exact) mass is 239 g/mol. The first-order chi connectivity index (χ1) is 7.48. The summed E-state index contributed by atoms with van der Waals surface area (Å²) in [4.78, 5) is 10.6. The lowest BCUT2D eigenvalue weighted by atomic mass is 9.80. The van der Waals surface area contributed by atoms with Crippen LogP contribution in [0.15, 0.2) is 12.4 Å². The lowest BCUT2D eigenvalue weighted by molar-refractivity contribution is 0.263. The fourth-order valence-electron chi connectivity index (χ4n) is 2.19. The summed E-state index contributed by atoms with van der Waals surface area (Å²) in [7, 11) is 0. The Morgan fingerprint density at radius 2 is 2.00 bits per heavy atom. The Bertz CT molecular complexity index is 373. The van der Waals surface area contributed by atoms with Crippen molar-refractivity contribution in [1.82, 2.24) is 9.97 Å². The number of nitrogens with zero attached hydrogens (tertiary/aromatic N) is 3. The Kier molecular flexibility index (Phi) is 3.06. The number of halogens is 1. The van der Waals surface area contributed by atoms with E-state index in [0.29, 0.717) is 16.5 Å². The highest BCUT2D eigenvalue weighted by Gasteiger charge is 2.32. The first-order valence-corrected chi connectivity index (χ1v) is 6.08. The molecule has 1 saturated heterocycles. The molecule has 3 nitrogen and oxygen atoms in total. The van der Waals surface area contributed by atoms with Crippen molar-refractivity contribution in [1.29, 1.82) is 0 Å². The van der Waals surface area contributed by atoms with Crippen LogP contribution in [0.1, 0.15) is 27.2 Å². The molecule has 1 aromatic heterocycles. The molecule has 0 aromatic carbocycles. The Morgan fingerprint density at radius 3 is 2.56 bits per heavy atom. The van der Waals surface area contributed by atoms with E-state index < -0.39 is 0 Å². The summed E-state index contributed by atoms with van der Waals surface area (Å²) in [5, 5.41) is 0.511. The number of rotatable bonds is 1. The number of hydrogen-bond acceptors (Lipinski definition) is 3. The van der Waals surface area contributed by atoms with Gasteiger partial charge in [-0.1, -0.05) is 32.4 Å². The van der Waals surface area contributed by atoms with Crippen LogP contribution < -0.4 is 4.90 Å². The van der Waals surface area contributed by atoms with E-state index in [1.165, 1.54) is 6.42 Å². The summed E-state index contributed by atoms with van der Waals surface area (Å²) in [6, 6.07) is 0. The molecular formula is C12H18ClN3. The van der Waals surface area contributed by atoms with Gasteiger partial charge in [-0.3, -0.25) is 0 Å². The van der Waals surface area contributed by atoms with Gasteiger partial charge in [-0.05, 0) is 17.8 Å². The van der Waals surface area contributed by atoms with Crippen LogP contribution in [0.25, 0.3) is 0 Å². The topological polar surface area (TPSA) is 29.0 Å². The summed E-state index contributed by atoms with van der Waals surface area (Å²) in [5.74, 6) is 1.53. The minimum atomic E-state index is 0.351. The third-order valence-electron chi connectivity index (χ3n) is 3.35. The maximum atomic E-state index is 6.05. The Balaban J connectivity index is 2.13. The molecule has 4 heteroatoms. The van der Waals surface area contributed by atoms with Gasteiger partial charge >= 0.3 is 0 Å². The normalized spacial score (nSPS) is 21.5. The van der Waals surface area contributed by atoms with Crippen LogP contribution in [0.4, 0.5) is 5.82 Å². The quantitative estimate of drug-likeness (QED) is 0.755. The van der Waals surface area contributed by atoms with Gasteiger partial charge in [-0.25, -0.2) is 9.97 Å². The summed E-state index contributed by atoms with van der Waals surface area (Å²) in [6.07, 6.45) is 4.53. The van der Waals surface area contributed by atoms with E-state index in [1.54, 1.807) is 12.4 Å². The Morgan fingerprint density at radius 1 is 1.31 bits per heavy atom. The van der Waals surface area contributed by atoms with Gasteiger partial charge in [-0.15, -0.1) is 0 Å². The molecule has 88 valence electrons. The van der Waals surface area contributed by atoms with Gasteiger partial charge in [0.15, 0.2) is 11.0 Å². The molecule has 1 aromatic rings. The molecule has 2 heterocycles. The van der Waals surface area contributed by atoms with Crippen molar-refractivity contribution < 1.29 is 0 Å². The van der Waals surface area contributed by atoms with Crippen molar-refractivity contribution in [3.8, 4) is 0 Å². The van der Waals surface area contributed by atoms with Gasteiger partial charge in [0.05, 0.1) is 0 Å². The summed E-state index contributed by atoms with van der Waals surface area (Å²) < 4.78 is 0. The highest BCUT2D eigenvalue weighted by molar-refractivity contribution is 6.31. The first kappa shape index (κ1) is 11.6. The average Bonchev–Trinajstić information content (AvgIpc) is 2.66. The minimum Gasteiger partial charge on any atom is -0.354 e. The second-order valence-electron chi connectivity index (χ2n) is 5.47. The van der Waals surface area contributed by atoms with E-state index in [1.807, 2.05) is 0 Å². The lowest BCUT2D eigenvalue weighted by Crippen LogP contribution is -2.26. The van der Waals surface area contributed by atoms with Gasteiger partial charge < -0.3 is 4.90 Å². The largest absolute Gasteiger partial charge is 0.354 e. The third kappa shape index (κ3) is 2.29. The molecule has 2 rings (SSSR count). The molecule has 0 aliphatic carbocycles. The molecule has 0 amide bonds. The maximum absolute atomic E-state index is 6.05. The fourth-order valence-corrected chi connectivity index (χ4v) is 2.41. The fraction of sp³-hybridized carbons (Fsp3) is 0.667. The lowest BCUT2D eigenvalue weighted by Gasteiger charge is -2.27. The van der Waals surface area contributed by atoms with Crippen LogP contribution in [0, 0.1) is 11.3 Å². The number of anilines is 1. The van der Waals surface area contributed by atoms with Gasteiger partial charge in [0, 0.05) is 25.5 Å². The van der Waals surface area contributed by atoms with E-state index in [4.69, 9.17) is 11.6 Å². The second-order valence-corrected chi connectivity index (χ2v) is 5.83. The van der Waals surface area contributed by atoms with E-state index in [0.717, 1.165) is 18.9 Å². The predicted molar refractivity (Wildman–Crippen MR) is 66.8 cm³/mol. The molecule has 1 atom stereocenters. The zero-order chi connectivity index (χ0) is 11.8. The molecule has 0 spiro atoms. The SMILES string of the molecule is CC(C)(C)C1CCN(c2nccnc2Cl)C1.